The second-order valence-corrected chi connectivity index (χ2v) is 14.8. The van der Waals surface area contributed by atoms with Crippen LogP contribution in [0.4, 0.5) is 0 Å². The van der Waals surface area contributed by atoms with E-state index in [1.807, 2.05) is 83.5 Å². The van der Waals surface area contributed by atoms with Crippen molar-refractivity contribution in [1.82, 2.24) is 20.3 Å². The molecule has 0 unspecified atom stereocenters. The summed E-state index contributed by atoms with van der Waals surface area (Å²) >= 11 is 0. The van der Waals surface area contributed by atoms with E-state index < -0.39 is 44.9 Å². The lowest BCUT2D eigenvalue weighted by Gasteiger charge is -2.40. The van der Waals surface area contributed by atoms with Crippen molar-refractivity contribution >= 4 is 27.7 Å². The third kappa shape index (κ3) is 8.92. The number of nitrogens with one attached hydrogen (secondary N) is 3. The second kappa shape index (κ2) is 14.4. The van der Waals surface area contributed by atoms with Crippen molar-refractivity contribution < 1.29 is 27.9 Å². The lowest BCUT2D eigenvalue weighted by atomic mass is 9.76. The van der Waals surface area contributed by atoms with Crippen molar-refractivity contribution in [3.63, 3.8) is 0 Å². The number of carbonyl (C=O) groups excluding carboxylic acids is 3. The predicted molar refractivity (Wildman–Crippen MR) is 172 cm³/mol. The summed E-state index contributed by atoms with van der Waals surface area (Å²) in [4.78, 5) is 42.0. The average Bonchev–Trinajstić information content (AvgIpc) is 2.93. The zero-order chi connectivity index (χ0) is 33.6. The van der Waals surface area contributed by atoms with E-state index in [2.05, 4.69) is 10.6 Å². The third-order valence-corrected chi connectivity index (χ3v) is 9.17. The summed E-state index contributed by atoms with van der Waals surface area (Å²) in [7, 11) is -0.869. The minimum atomic E-state index is -4.19. The van der Waals surface area contributed by atoms with Gasteiger partial charge in [0, 0.05) is 18.0 Å². The van der Waals surface area contributed by atoms with E-state index in [0.29, 0.717) is 0 Å². The Morgan fingerprint density at radius 2 is 1.45 bits per heavy atom. The monoisotopic (exact) mass is 628 g/mol. The molecule has 0 aliphatic carbocycles. The van der Waals surface area contributed by atoms with Gasteiger partial charge >= 0.3 is 0 Å². The Morgan fingerprint density at radius 1 is 0.909 bits per heavy atom. The van der Waals surface area contributed by atoms with Crippen molar-refractivity contribution in [2.24, 2.45) is 11.3 Å². The highest BCUT2D eigenvalue weighted by Crippen LogP contribution is 2.29. The number of benzene rings is 2. The molecule has 44 heavy (non-hydrogen) atoms. The smallest absolute Gasteiger partial charge is 0.264 e. The Balaban J connectivity index is 2.33. The van der Waals surface area contributed by atoms with Gasteiger partial charge in [0.05, 0.1) is 17.0 Å². The standard InChI is InChI=1S/C33H48N4O6S/c1-21(2)26(20-22(3)29(39)36-44(42,43)25-18-16-24(38)17-19-25)37(10)31(41)28(32(4,5)6)35-30(40)27(34-9)33(7,8)23-14-12-11-13-15-23/h11-21,26-28,34,38H,1-10H3,(H,35,40)(H,36,39)/t26-,27-,28-/m1/s1. The van der Waals surface area contributed by atoms with Gasteiger partial charge in [-0.05, 0) is 55.1 Å². The topological polar surface area (TPSA) is 145 Å². The van der Waals surface area contributed by atoms with Gasteiger partial charge in [-0.1, -0.05) is 84.9 Å². The van der Waals surface area contributed by atoms with Crippen LogP contribution in [0.1, 0.15) is 61.0 Å². The molecule has 3 atom stereocenters. The number of sulfonamides is 1. The molecule has 0 radical (unpaired) electrons. The zero-order valence-electron chi connectivity index (χ0n) is 27.4. The number of aromatic hydroxyl groups is 1. The van der Waals surface area contributed by atoms with Crippen LogP contribution in [0.25, 0.3) is 0 Å². The molecule has 0 fully saturated rings. The van der Waals surface area contributed by atoms with Gasteiger partial charge in [0.2, 0.25) is 11.8 Å². The predicted octanol–water partition coefficient (Wildman–Crippen LogP) is 3.72. The number of rotatable bonds is 12. The maximum atomic E-state index is 14.0. The Kier molecular flexibility index (Phi) is 11.9. The molecule has 3 amide bonds. The number of likely N-dealkylation sites (N-methyl/N-ethyl adjacent to an activating group) is 2. The van der Waals surface area contributed by atoms with Gasteiger partial charge < -0.3 is 20.6 Å². The van der Waals surface area contributed by atoms with Gasteiger partial charge in [-0.25, -0.2) is 13.1 Å². The van der Waals surface area contributed by atoms with Crippen molar-refractivity contribution in [3.8, 4) is 5.75 Å². The molecule has 10 nitrogen and oxygen atoms in total. The number of hydrogen-bond acceptors (Lipinski definition) is 7. The molecule has 2 rings (SSSR count). The van der Waals surface area contributed by atoms with Crippen LogP contribution >= 0.6 is 0 Å². The lowest BCUT2D eigenvalue weighted by molar-refractivity contribution is -0.140. The van der Waals surface area contributed by atoms with Crippen LogP contribution in [0.15, 0.2) is 71.1 Å². The summed E-state index contributed by atoms with van der Waals surface area (Å²) in [6.45, 7) is 14.8. The normalized spacial score (nSPS) is 14.8. The van der Waals surface area contributed by atoms with Crippen LogP contribution in [0.2, 0.25) is 0 Å². The number of amides is 3. The first-order valence-electron chi connectivity index (χ1n) is 14.6. The number of phenolic OH excluding ortho intramolecular Hbond substituents is 1. The lowest BCUT2D eigenvalue weighted by Crippen LogP contribution is -2.61. The first-order chi connectivity index (χ1) is 20.2. The van der Waals surface area contributed by atoms with Crippen LogP contribution in [-0.4, -0.2) is 68.4 Å². The van der Waals surface area contributed by atoms with Crippen molar-refractivity contribution in [3.05, 3.63) is 71.8 Å². The molecule has 0 saturated heterocycles. The van der Waals surface area contributed by atoms with E-state index in [-0.39, 0.29) is 34.0 Å². The van der Waals surface area contributed by atoms with Crippen molar-refractivity contribution in [2.45, 2.75) is 83.8 Å². The molecule has 0 saturated carbocycles. The zero-order valence-corrected chi connectivity index (χ0v) is 28.2. The Hall–Kier alpha value is -3.70. The quantitative estimate of drug-likeness (QED) is 0.262. The van der Waals surface area contributed by atoms with Crippen molar-refractivity contribution in [2.75, 3.05) is 14.1 Å². The Labute approximate surface area is 262 Å². The van der Waals surface area contributed by atoms with Crippen LogP contribution in [0, 0.1) is 11.3 Å². The summed E-state index contributed by atoms with van der Waals surface area (Å²) in [5.74, 6) is -1.78. The molecular weight excluding hydrogens is 580 g/mol. The first kappa shape index (κ1) is 36.5. The van der Waals surface area contributed by atoms with Gasteiger partial charge in [0.25, 0.3) is 15.9 Å². The van der Waals surface area contributed by atoms with E-state index in [1.54, 1.807) is 20.2 Å². The molecule has 242 valence electrons. The van der Waals surface area contributed by atoms with E-state index in [9.17, 15) is 27.9 Å². The van der Waals surface area contributed by atoms with Gasteiger partial charge in [0.1, 0.15) is 11.8 Å². The summed E-state index contributed by atoms with van der Waals surface area (Å²) in [5, 5.41) is 15.6. The van der Waals surface area contributed by atoms with Gasteiger partial charge in [-0.2, -0.15) is 0 Å². The van der Waals surface area contributed by atoms with Crippen LogP contribution in [-0.2, 0) is 29.8 Å². The second-order valence-electron chi connectivity index (χ2n) is 13.1. The Bertz CT molecular complexity index is 1450. The number of phenols is 1. The molecule has 0 spiro atoms. The first-order valence-corrected chi connectivity index (χ1v) is 16.1. The van der Waals surface area contributed by atoms with E-state index in [4.69, 9.17) is 0 Å². The molecule has 2 aromatic carbocycles. The molecular formula is C33H48N4O6S. The van der Waals surface area contributed by atoms with Crippen LogP contribution < -0.4 is 15.4 Å². The number of nitrogens with zero attached hydrogens (tertiary/aromatic N) is 1. The maximum Gasteiger partial charge on any atom is 0.264 e. The molecule has 0 aliphatic rings. The SMILES string of the molecule is CN[C@H](C(=O)N[C@H](C(=O)N(C)[C@H](C=C(C)C(=O)NS(=O)(=O)c1ccc(O)cc1)C(C)C)C(C)(C)C)C(C)(C)c1ccccc1. The summed E-state index contributed by atoms with van der Waals surface area (Å²) in [6, 6.07) is 12.3. The van der Waals surface area contributed by atoms with E-state index >= 15 is 0 Å². The molecule has 0 bridgehead atoms. The minimum Gasteiger partial charge on any atom is -0.508 e. The summed E-state index contributed by atoms with van der Waals surface area (Å²) in [6.07, 6.45) is 1.56. The summed E-state index contributed by atoms with van der Waals surface area (Å²) in [5.41, 5.74) is -0.184. The average molecular weight is 629 g/mol. The van der Waals surface area contributed by atoms with E-state index in [0.717, 1.165) is 5.56 Å². The fourth-order valence-electron chi connectivity index (χ4n) is 5.05. The van der Waals surface area contributed by atoms with Crippen molar-refractivity contribution in [1.29, 1.82) is 0 Å². The largest absolute Gasteiger partial charge is 0.508 e. The fraction of sp³-hybridized carbons (Fsp3) is 0.485. The third-order valence-electron chi connectivity index (χ3n) is 7.82. The van der Waals surface area contributed by atoms with E-state index in [1.165, 1.54) is 36.1 Å². The molecule has 11 heteroatoms. The minimum absolute atomic E-state index is 0.0990. The van der Waals surface area contributed by atoms with Gasteiger partial charge in [-0.15, -0.1) is 0 Å². The molecule has 0 aromatic heterocycles. The maximum absolute atomic E-state index is 14.0. The molecule has 0 aliphatic heterocycles. The number of carbonyl (C=O) groups is 3. The van der Waals surface area contributed by atoms with Gasteiger partial charge in [-0.3, -0.25) is 14.4 Å². The highest BCUT2D eigenvalue weighted by atomic mass is 32.2. The molecule has 4 N–H and O–H groups in total. The molecule has 2 aromatic rings. The van der Waals surface area contributed by atoms with Gasteiger partial charge in [0.15, 0.2) is 0 Å². The van der Waals surface area contributed by atoms with Crippen LogP contribution in [0.3, 0.4) is 0 Å². The van der Waals surface area contributed by atoms with Crippen LogP contribution in [0.5, 0.6) is 5.75 Å². The Morgan fingerprint density at radius 3 is 1.93 bits per heavy atom. The fourth-order valence-corrected chi connectivity index (χ4v) is 6.07. The number of hydrogen-bond donors (Lipinski definition) is 4. The summed E-state index contributed by atoms with van der Waals surface area (Å²) < 4.78 is 27.5. The highest BCUT2D eigenvalue weighted by Gasteiger charge is 2.41. The highest BCUT2D eigenvalue weighted by molar-refractivity contribution is 7.90. The molecule has 0 heterocycles.